The van der Waals surface area contributed by atoms with E-state index >= 15 is 0 Å². The molecule has 0 spiro atoms. The number of carbonyl (C=O) groups is 1. The minimum absolute atomic E-state index is 0.0362. The number of benzene rings is 1. The van der Waals surface area contributed by atoms with E-state index in [1.165, 1.54) is 6.42 Å². The Kier molecular flexibility index (Phi) is 6.03. The predicted octanol–water partition coefficient (Wildman–Crippen LogP) is 3.41. The Bertz CT molecular complexity index is 535. The zero-order valence-corrected chi connectivity index (χ0v) is 13.2. The van der Waals surface area contributed by atoms with E-state index in [4.69, 9.17) is 4.74 Å². The van der Waals surface area contributed by atoms with E-state index in [1.54, 1.807) is 12.1 Å². The van der Waals surface area contributed by atoms with Crippen LogP contribution in [-0.4, -0.2) is 17.7 Å². The van der Waals surface area contributed by atoms with Gasteiger partial charge in [0.1, 0.15) is 0 Å². The Hall–Kier alpha value is -1.79. The molecule has 3 heteroatoms. The minimum Gasteiger partial charge on any atom is -0.450 e. The molecule has 1 aliphatic rings. The van der Waals surface area contributed by atoms with Crippen LogP contribution in [0.1, 0.15) is 51.0 Å². The van der Waals surface area contributed by atoms with Crippen molar-refractivity contribution in [2.45, 2.75) is 51.0 Å². The first-order valence-corrected chi connectivity index (χ1v) is 8.10. The second-order valence-electron chi connectivity index (χ2n) is 5.75. The van der Waals surface area contributed by atoms with Gasteiger partial charge in [-0.25, -0.2) is 4.79 Å². The number of hydrogen-bond donors (Lipinski definition) is 1. The fourth-order valence-corrected chi connectivity index (χ4v) is 3.12. The van der Waals surface area contributed by atoms with Crippen LogP contribution in [0.5, 0.6) is 0 Å². The molecule has 1 fully saturated rings. The second-order valence-corrected chi connectivity index (χ2v) is 5.75. The third kappa shape index (κ3) is 3.69. The summed E-state index contributed by atoms with van der Waals surface area (Å²) in [6, 6.07) is 9.16. The van der Waals surface area contributed by atoms with Crippen LogP contribution in [0, 0.1) is 17.8 Å². The van der Waals surface area contributed by atoms with Crippen LogP contribution < -0.4 is 0 Å². The van der Waals surface area contributed by atoms with E-state index in [9.17, 15) is 9.90 Å². The molecule has 1 N–H and O–H groups in total. The van der Waals surface area contributed by atoms with Crippen molar-refractivity contribution >= 4 is 5.97 Å². The molecule has 0 aliphatic heterocycles. The first kappa shape index (κ1) is 16.6. The molecular formula is C19H24O3. The molecule has 1 aromatic rings. The molecule has 1 aliphatic carbocycles. The fraction of sp³-hybridized carbons (Fsp3) is 0.526. The molecule has 1 aromatic carbocycles. The number of hydrogen-bond acceptors (Lipinski definition) is 3. The van der Waals surface area contributed by atoms with Gasteiger partial charge in [-0.1, -0.05) is 62.4 Å². The van der Waals surface area contributed by atoms with Gasteiger partial charge in [0.2, 0.25) is 0 Å². The zero-order valence-electron chi connectivity index (χ0n) is 13.2. The van der Waals surface area contributed by atoms with Crippen LogP contribution in [0.4, 0.5) is 0 Å². The SMILES string of the molecule is CCC#CCOC(=O)[C@](O)(c1ccccc1)C1CCCCC1. The highest BCUT2D eigenvalue weighted by molar-refractivity contribution is 5.81. The Balaban J connectivity index is 2.22. The van der Waals surface area contributed by atoms with Gasteiger partial charge in [0.15, 0.2) is 12.2 Å². The van der Waals surface area contributed by atoms with Crippen molar-refractivity contribution in [3.05, 3.63) is 35.9 Å². The highest BCUT2D eigenvalue weighted by Gasteiger charge is 2.46. The Labute approximate surface area is 132 Å². The van der Waals surface area contributed by atoms with Crippen molar-refractivity contribution in [2.24, 2.45) is 5.92 Å². The predicted molar refractivity (Wildman–Crippen MR) is 85.9 cm³/mol. The molecule has 3 nitrogen and oxygen atoms in total. The summed E-state index contributed by atoms with van der Waals surface area (Å²) in [6.07, 6.45) is 5.68. The molecule has 0 aromatic heterocycles. The van der Waals surface area contributed by atoms with Gasteiger partial charge in [0, 0.05) is 12.3 Å². The Morgan fingerprint density at radius 1 is 1.23 bits per heavy atom. The highest BCUT2D eigenvalue weighted by Crippen LogP contribution is 2.40. The summed E-state index contributed by atoms with van der Waals surface area (Å²) in [5.74, 6) is 4.99. The van der Waals surface area contributed by atoms with Crippen LogP contribution in [0.2, 0.25) is 0 Å². The van der Waals surface area contributed by atoms with E-state index in [-0.39, 0.29) is 12.5 Å². The third-order valence-electron chi connectivity index (χ3n) is 4.30. The molecule has 0 radical (unpaired) electrons. The molecule has 1 saturated carbocycles. The molecule has 118 valence electrons. The molecule has 0 heterocycles. The highest BCUT2D eigenvalue weighted by atomic mass is 16.5. The summed E-state index contributed by atoms with van der Waals surface area (Å²) < 4.78 is 5.25. The first-order chi connectivity index (χ1) is 10.7. The van der Waals surface area contributed by atoms with Crippen molar-refractivity contribution in [1.29, 1.82) is 0 Å². The molecule has 2 rings (SSSR count). The lowest BCUT2D eigenvalue weighted by atomic mass is 9.73. The number of aliphatic hydroxyl groups is 1. The molecule has 1 atom stereocenters. The summed E-state index contributed by atoms with van der Waals surface area (Å²) in [5, 5.41) is 11.2. The quantitative estimate of drug-likeness (QED) is 0.684. The molecular weight excluding hydrogens is 276 g/mol. The lowest BCUT2D eigenvalue weighted by molar-refractivity contribution is -0.174. The average molecular weight is 300 g/mol. The van der Waals surface area contributed by atoms with Crippen LogP contribution in [0.3, 0.4) is 0 Å². The Morgan fingerprint density at radius 3 is 2.55 bits per heavy atom. The maximum absolute atomic E-state index is 12.6. The monoisotopic (exact) mass is 300 g/mol. The van der Waals surface area contributed by atoms with E-state index in [0.29, 0.717) is 5.56 Å². The normalized spacial score (nSPS) is 17.9. The lowest BCUT2D eigenvalue weighted by Gasteiger charge is -2.36. The van der Waals surface area contributed by atoms with Gasteiger partial charge in [-0.05, 0) is 18.4 Å². The van der Waals surface area contributed by atoms with E-state index < -0.39 is 11.6 Å². The van der Waals surface area contributed by atoms with Gasteiger partial charge in [-0.3, -0.25) is 0 Å². The smallest absolute Gasteiger partial charge is 0.344 e. The van der Waals surface area contributed by atoms with Crippen molar-refractivity contribution in [3.63, 3.8) is 0 Å². The van der Waals surface area contributed by atoms with Gasteiger partial charge in [0.05, 0.1) is 0 Å². The molecule has 0 amide bonds. The largest absolute Gasteiger partial charge is 0.450 e. The fourth-order valence-electron chi connectivity index (χ4n) is 3.12. The average Bonchev–Trinajstić information content (AvgIpc) is 2.59. The number of ether oxygens (including phenoxy) is 1. The molecule has 0 saturated heterocycles. The second kappa shape index (κ2) is 8.00. The molecule has 0 unspecified atom stereocenters. The summed E-state index contributed by atoms with van der Waals surface area (Å²) in [5.41, 5.74) is -0.939. The van der Waals surface area contributed by atoms with Crippen molar-refractivity contribution in [1.82, 2.24) is 0 Å². The van der Waals surface area contributed by atoms with Gasteiger partial charge in [0.25, 0.3) is 0 Å². The van der Waals surface area contributed by atoms with Gasteiger partial charge < -0.3 is 9.84 Å². The van der Waals surface area contributed by atoms with E-state index in [2.05, 4.69) is 11.8 Å². The van der Waals surface area contributed by atoms with E-state index in [0.717, 1.165) is 32.1 Å². The maximum atomic E-state index is 12.6. The molecule has 22 heavy (non-hydrogen) atoms. The van der Waals surface area contributed by atoms with Crippen LogP contribution in [-0.2, 0) is 15.1 Å². The number of rotatable bonds is 4. The van der Waals surface area contributed by atoms with Gasteiger partial charge in [-0.15, -0.1) is 5.92 Å². The molecule has 0 bridgehead atoms. The summed E-state index contributed by atoms with van der Waals surface area (Å²) in [7, 11) is 0. The van der Waals surface area contributed by atoms with Crippen molar-refractivity contribution < 1.29 is 14.6 Å². The summed E-state index contributed by atoms with van der Waals surface area (Å²) in [6.45, 7) is 1.98. The topological polar surface area (TPSA) is 46.5 Å². The number of esters is 1. The zero-order chi connectivity index (χ0) is 15.8. The van der Waals surface area contributed by atoms with Crippen LogP contribution >= 0.6 is 0 Å². The van der Waals surface area contributed by atoms with Gasteiger partial charge >= 0.3 is 5.97 Å². The summed E-state index contributed by atoms with van der Waals surface area (Å²) in [4.78, 5) is 12.6. The minimum atomic E-state index is -1.56. The van der Waals surface area contributed by atoms with Crippen LogP contribution in [0.25, 0.3) is 0 Å². The van der Waals surface area contributed by atoms with E-state index in [1.807, 2.05) is 25.1 Å². The number of carbonyl (C=O) groups excluding carboxylic acids is 1. The standard InChI is InChI=1S/C19H24O3/c1-2-3-10-15-22-18(20)19(21,16-11-6-4-7-12-16)17-13-8-5-9-14-17/h4,6-7,11-12,17,21H,2,5,8-9,13-15H2,1H3/t19-/m0/s1. The van der Waals surface area contributed by atoms with Gasteiger partial charge in [-0.2, -0.15) is 0 Å². The van der Waals surface area contributed by atoms with Crippen LogP contribution in [0.15, 0.2) is 30.3 Å². The maximum Gasteiger partial charge on any atom is 0.344 e. The lowest BCUT2D eigenvalue weighted by Crippen LogP contribution is -2.45. The Morgan fingerprint density at radius 2 is 1.91 bits per heavy atom. The third-order valence-corrected chi connectivity index (χ3v) is 4.30. The van der Waals surface area contributed by atoms with Crippen molar-refractivity contribution in [3.8, 4) is 11.8 Å². The summed E-state index contributed by atoms with van der Waals surface area (Å²) >= 11 is 0. The van der Waals surface area contributed by atoms with Crippen molar-refractivity contribution in [2.75, 3.05) is 6.61 Å². The first-order valence-electron chi connectivity index (χ1n) is 8.10.